The lowest BCUT2D eigenvalue weighted by atomic mass is 10.3. The Morgan fingerprint density at radius 1 is 1.60 bits per heavy atom. The molecule has 0 spiro atoms. The van der Waals surface area contributed by atoms with Crippen LogP contribution >= 0.6 is 0 Å². The minimum atomic E-state index is 0.133. The zero-order valence-corrected chi connectivity index (χ0v) is 9.18. The molecule has 0 aromatic carbocycles. The second-order valence-electron chi connectivity index (χ2n) is 3.57. The van der Waals surface area contributed by atoms with E-state index in [4.69, 9.17) is 5.73 Å². The highest BCUT2D eigenvalue weighted by Crippen LogP contribution is 1.98. The van der Waals surface area contributed by atoms with Gasteiger partial charge in [0, 0.05) is 39.8 Å². The van der Waals surface area contributed by atoms with Crippen molar-refractivity contribution in [3.63, 3.8) is 0 Å². The van der Waals surface area contributed by atoms with Crippen molar-refractivity contribution in [1.82, 2.24) is 19.9 Å². The molecule has 6 nitrogen and oxygen atoms in total. The van der Waals surface area contributed by atoms with E-state index < -0.39 is 0 Å². The van der Waals surface area contributed by atoms with Crippen molar-refractivity contribution in [2.75, 3.05) is 14.1 Å². The first-order valence-corrected chi connectivity index (χ1v) is 4.92. The average Bonchev–Trinajstić information content (AvgIpc) is 2.65. The van der Waals surface area contributed by atoms with Crippen LogP contribution in [0.5, 0.6) is 0 Å². The van der Waals surface area contributed by atoms with Crippen LogP contribution in [0.4, 0.5) is 0 Å². The molecule has 1 heterocycles. The third kappa shape index (κ3) is 3.67. The number of aryl methyl sites for hydroxylation is 1. The average molecular weight is 211 g/mol. The van der Waals surface area contributed by atoms with Gasteiger partial charge in [0.2, 0.25) is 5.91 Å². The first-order chi connectivity index (χ1) is 7.13. The normalized spacial score (nSPS) is 10.3. The Balaban J connectivity index is 2.28. The second kappa shape index (κ2) is 5.45. The molecule has 0 bridgehead atoms. The second-order valence-corrected chi connectivity index (χ2v) is 3.57. The highest BCUT2D eigenvalue weighted by Gasteiger charge is 2.04. The maximum Gasteiger partial charge on any atom is 0.222 e. The van der Waals surface area contributed by atoms with Gasteiger partial charge in [0.1, 0.15) is 0 Å². The van der Waals surface area contributed by atoms with E-state index in [1.165, 1.54) is 0 Å². The monoisotopic (exact) mass is 211 g/mol. The molecule has 2 N–H and O–H groups in total. The van der Waals surface area contributed by atoms with Crippen LogP contribution in [0.1, 0.15) is 18.5 Å². The van der Waals surface area contributed by atoms with Gasteiger partial charge in [-0.15, -0.1) is 5.10 Å². The van der Waals surface area contributed by atoms with E-state index in [0.717, 1.165) is 12.1 Å². The highest BCUT2D eigenvalue weighted by atomic mass is 16.2. The quantitative estimate of drug-likeness (QED) is 0.719. The lowest BCUT2D eigenvalue weighted by molar-refractivity contribution is -0.128. The minimum Gasteiger partial charge on any atom is -0.349 e. The summed E-state index contributed by atoms with van der Waals surface area (Å²) in [6.45, 7) is 1.10. The molecular formula is C9H17N5O. The SMILES string of the molecule is CN(C)C(=O)CCCn1cc(CN)nn1. The van der Waals surface area contributed by atoms with E-state index >= 15 is 0 Å². The lowest BCUT2D eigenvalue weighted by Crippen LogP contribution is -2.21. The van der Waals surface area contributed by atoms with Crippen molar-refractivity contribution >= 4 is 5.91 Å². The van der Waals surface area contributed by atoms with Gasteiger partial charge in [-0.05, 0) is 6.42 Å². The first kappa shape index (κ1) is 11.6. The zero-order valence-electron chi connectivity index (χ0n) is 9.18. The first-order valence-electron chi connectivity index (χ1n) is 4.92. The predicted molar refractivity (Wildman–Crippen MR) is 55.8 cm³/mol. The summed E-state index contributed by atoms with van der Waals surface area (Å²) in [5, 5.41) is 7.75. The Morgan fingerprint density at radius 3 is 2.87 bits per heavy atom. The van der Waals surface area contributed by atoms with Crippen LogP contribution < -0.4 is 5.73 Å². The Bertz CT molecular complexity index is 320. The smallest absolute Gasteiger partial charge is 0.222 e. The van der Waals surface area contributed by atoms with Gasteiger partial charge >= 0.3 is 0 Å². The van der Waals surface area contributed by atoms with Crippen LogP contribution in [-0.2, 0) is 17.9 Å². The summed E-state index contributed by atoms with van der Waals surface area (Å²) in [6.07, 6.45) is 3.11. The summed E-state index contributed by atoms with van der Waals surface area (Å²) in [4.78, 5) is 12.8. The van der Waals surface area contributed by atoms with E-state index in [1.807, 2.05) is 0 Å². The fourth-order valence-corrected chi connectivity index (χ4v) is 1.16. The molecule has 6 heteroatoms. The molecule has 1 aromatic rings. The van der Waals surface area contributed by atoms with Gasteiger partial charge in [0.25, 0.3) is 0 Å². The number of carbonyl (C=O) groups excluding carboxylic acids is 1. The number of nitrogens with zero attached hydrogens (tertiary/aromatic N) is 4. The Morgan fingerprint density at radius 2 is 2.33 bits per heavy atom. The number of carbonyl (C=O) groups is 1. The summed E-state index contributed by atoms with van der Waals surface area (Å²) in [7, 11) is 3.51. The van der Waals surface area contributed by atoms with Crippen molar-refractivity contribution < 1.29 is 4.79 Å². The summed E-state index contributed by atoms with van der Waals surface area (Å²) >= 11 is 0. The molecule has 84 valence electrons. The molecule has 0 radical (unpaired) electrons. The maximum absolute atomic E-state index is 11.3. The fourth-order valence-electron chi connectivity index (χ4n) is 1.16. The summed E-state index contributed by atoms with van der Waals surface area (Å²) in [5.74, 6) is 0.133. The summed E-state index contributed by atoms with van der Waals surface area (Å²) < 4.78 is 1.71. The van der Waals surface area contributed by atoms with Gasteiger partial charge in [-0.3, -0.25) is 9.48 Å². The molecule has 0 saturated carbocycles. The summed E-state index contributed by atoms with van der Waals surface area (Å²) in [5.41, 5.74) is 6.18. The number of hydrogen-bond acceptors (Lipinski definition) is 4. The number of rotatable bonds is 5. The number of amides is 1. The molecule has 1 amide bonds. The molecule has 0 atom stereocenters. The molecule has 1 aromatic heterocycles. The van der Waals surface area contributed by atoms with Crippen molar-refractivity contribution in [3.8, 4) is 0 Å². The van der Waals surface area contributed by atoms with E-state index in [1.54, 1.807) is 29.9 Å². The molecule has 0 aliphatic carbocycles. The number of hydrogen-bond donors (Lipinski definition) is 1. The Labute approximate surface area is 89.0 Å². The Kier molecular flexibility index (Phi) is 4.23. The largest absolute Gasteiger partial charge is 0.349 e. The maximum atomic E-state index is 11.3. The molecule has 1 rings (SSSR count). The lowest BCUT2D eigenvalue weighted by Gasteiger charge is -2.09. The Hall–Kier alpha value is -1.43. The van der Waals surface area contributed by atoms with Gasteiger partial charge in [0.05, 0.1) is 5.69 Å². The fraction of sp³-hybridized carbons (Fsp3) is 0.667. The van der Waals surface area contributed by atoms with Crippen LogP contribution in [0.3, 0.4) is 0 Å². The van der Waals surface area contributed by atoms with Crippen molar-refractivity contribution in [2.24, 2.45) is 5.73 Å². The van der Waals surface area contributed by atoms with Gasteiger partial charge in [-0.2, -0.15) is 0 Å². The summed E-state index contributed by atoms with van der Waals surface area (Å²) in [6, 6.07) is 0. The van der Waals surface area contributed by atoms with Gasteiger partial charge in [0.15, 0.2) is 0 Å². The molecule has 0 unspecified atom stereocenters. The number of aromatic nitrogens is 3. The van der Waals surface area contributed by atoms with Gasteiger partial charge in [-0.1, -0.05) is 5.21 Å². The van der Waals surface area contributed by atoms with Crippen LogP contribution in [0, 0.1) is 0 Å². The third-order valence-electron chi connectivity index (χ3n) is 2.07. The standard InChI is InChI=1S/C9H17N5O/c1-13(2)9(15)4-3-5-14-7-8(6-10)11-12-14/h7H,3-6,10H2,1-2H3. The molecular weight excluding hydrogens is 194 g/mol. The van der Waals surface area contributed by atoms with E-state index in [-0.39, 0.29) is 5.91 Å². The van der Waals surface area contributed by atoms with Gasteiger partial charge in [-0.25, -0.2) is 0 Å². The van der Waals surface area contributed by atoms with Crippen LogP contribution in [0.15, 0.2) is 6.20 Å². The van der Waals surface area contributed by atoms with Crippen LogP contribution in [0.25, 0.3) is 0 Å². The van der Waals surface area contributed by atoms with E-state index in [0.29, 0.717) is 19.5 Å². The van der Waals surface area contributed by atoms with Crippen molar-refractivity contribution in [3.05, 3.63) is 11.9 Å². The van der Waals surface area contributed by atoms with E-state index in [9.17, 15) is 4.79 Å². The predicted octanol–water partition coefficient (Wildman–Crippen LogP) is -0.395. The zero-order chi connectivity index (χ0) is 11.3. The van der Waals surface area contributed by atoms with Crippen molar-refractivity contribution in [2.45, 2.75) is 25.9 Å². The van der Waals surface area contributed by atoms with Gasteiger partial charge < -0.3 is 10.6 Å². The van der Waals surface area contributed by atoms with Crippen molar-refractivity contribution in [1.29, 1.82) is 0 Å². The molecule has 0 aliphatic rings. The van der Waals surface area contributed by atoms with Crippen LogP contribution in [-0.4, -0.2) is 39.9 Å². The van der Waals surface area contributed by atoms with E-state index in [2.05, 4.69) is 10.3 Å². The third-order valence-corrected chi connectivity index (χ3v) is 2.07. The highest BCUT2D eigenvalue weighted by molar-refractivity contribution is 5.75. The molecule has 0 fully saturated rings. The minimum absolute atomic E-state index is 0.133. The topological polar surface area (TPSA) is 77.0 Å². The molecule has 0 aliphatic heterocycles. The van der Waals surface area contributed by atoms with Crippen LogP contribution in [0.2, 0.25) is 0 Å². The number of nitrogens with two attached hydrogens (primary N) is 1. The molecule has 0 saturated heterocycles. The molecule has 15 heavy (non-hydrogen) atoms.